The lowest BCUT2D eigenvalue weighted by Gasteiger charge is -2.07. The molecule has 0 saturated heterocycles. The maximum atomic E-state index is 7.15. The van der Waals surface area contributed by atoms with E-state index in [0.717, 1.165) is 44.5 Å². The summed E-state index contributed by atoms with van der Waals surface area (Å²) in [5, 5.41) is 1.47. The van der Waals surface area contributed by atoms with Crippen molar-refractivity contribution in [3.63, 3.8) is 0 Å². The summed E-state index contributed by atoms with van der Waals surface area (Å²) in [5.74, 6) is 0. The number of rotatable bonds is 2. The molecule has 2 aliphatic heterocycles. The Hall–Kier alpha value is -4.09. The fraction of sp³-hybridized carbons (Fsp3) is 0. The SMILES string of the molecule is Clc1c2nc(cc3[nH]c(c(Cl)c4nc(c(Cl)c5ccc1[nH]5)C=C4)c(-c1ccccc1)c3-c1ccccc1)C=C2. The van der Waals surface area contributed by atoms with Crippen molar-refractivity contribution in [1.29, 1.82) is 0 Å². The number of aromatic amines is 2. The summed E-state index contributed by atoms with van der Waals surface area (Å²) in [6.45, 7) is 0. The first kappa shape index (κ1) is 24.0. The lowest BCUT2D eigenvalue weighted by molar-refractivity contribution is 1.31. The molecule has 2 aliphatic rings. The highest BCUT2D eigenvalue weighted by molar-refractivity contribution is 6.38. The van der Waals surface area contributed by atoms with Crippen LogP contribution in [-0.2, 0) is 0 Å². The van der Waals surface area contributed by atoms with Crippen LogP contribution in [0.5, 0.6) is 0 Å². The molecule has 0 fully saturated rings. The number of benzene rings is 2. The molecule has 0 spiro atoms. The van der Waals surface area contributed by atoms with Gasteiger partial charge in [0.2, 0.25) is 0 Å². The molecule has 5 heterocycles. The number of hydrogen-bond donors (Lipinski definition) is 2. The molecule has 7 rings (SSSR count). The van der Waals surface area contributed by atoms with Crippen molar-refractivity contribution < 1.29 is 0 Å². The Labute approximate surface area is 239 Å². The predicted molar refractivity (Wildman–Crippen MR) is 165 cm³/mol. The van der Waals surface area contributed by atoms with Crippen molar-refractivity contribution in [2.75, 3.05) is 0 Å². The van der Waals surface area contributed by atoms with E-state index in [1.54, 1.807) is 0 Å². The lowest BCUT2D eigenvalue weighted by Crippen LogP contribution is -1.83. The Kier molecular flexibility index (Phi) is 5.89. The van der Waals surface area contributed by atoms with E-state index in [1.807, 2.05) is 78.9 Å². The van der Waals surface area contributed by atoms with Gasteiger partial charge in [-0.25, -0.2) is 9.97 Å². The molecule has 2 N–H and O–H groups in total. The van der Waals surface area contributed by atoms with E-state index in [1.165, 1.54) is 0 Å². The summed E-state index contributed by atoms with van der Waals surface area (Å²) in [6, 6.07) is 26.3. The maximum absolute atomic E-state index is 7.15. The normalized spacial score (nSPS) is 12.3. The highest BCUT2D eigenvalue weighted by Gasteiger charge is 2.20. The van der Waals surface area contributed by atoms with Gasteiger partial charge in [0.05, 0.1) is 54.4 Å². The molecular weight excluding hydrogens is 547 g/mol. The van der Waals surface area contributed by atoms with Gasteiger partial charge in [-0.15, -0.1) is 0 Å². The van der Waals surface area contributed by atoms with Gasteiger partial charge in [-0.3, -0.25) is 0 Å². The minimum atomic E-state index is 0.471. The average Bonchev–Trinajstić information content (AvgIpc) is 3.78. The van der Waals surface area contributed by atoms with Crippen LogP contribution in [-0.4, -0.2) is 19.9 Å². The second kappa shape index (κ2) is 9.58. The third-order valence-electron chi connectivity index (χ3n) is 6.80. The van der Waals surface area contributed by atoms with E-state index < -0.39 is 0 Å². The second-order valence-electron chi connectivity index (χ2n) is 9.24. The van der Waals surface area contributed by atoms with E-state index in [2.05, 4.69) is 34.2 Å². The van der Waals surface area contributed by atoms with Crippen LogP contribution in [0.25, 0.3) is 68.6 Å². The molecular formula is C32H19Cl3N4. The van der Waals surface area contributed by atoms with Crippen molar-refractivity contribution in [3.8, 4) is 22.3 Å². The molecule has 0 unspecified atom stereocenters. The van der Waals surface area contributed by atoms with Crippen LogP contribution < -0.4 is 0 Å². The summed E-state index contributed by atoms with van der Waals surface area (Å²) in [5.41, 5.74) is 9.79. The Morgan fingerprint density at radius 2 is 1.03 bits per heavy atom. The van der Waals surface area contributed by atoms with Crippen LogP contribution in [0.2, 0.25) is 15.1 Å². The van der Waals surface area contributed by atoms with Crippen LogP contribution in [0, 0.1) is 0 Å². The highest BCUT2D eigenvalue weighted by atomic mass is 35.5. The van der Waals surface area contributed by atoms with Crippen LogP contribution in [0.1, 0.15) is 22.8 Å². The first-order chi connectivity index (χ1) is 19.1. The van der Waals surface area contributed by atoms with Gasteiger partial charge < -0.3 is 9.97 Å². The largest absolute Gasteiger partial charge is 0.353 e. The second-order valence-corrected chi connectivity index (χ2v) is 10.4. The summed E-state index contributed by atoms with van der Waals surface area (Å²) in [7, 11) is 0. The van der Waals surface area contributed by atoms with Gasteiger partial charge >= 0.3 is 0 Å². The van der Waals surface area contributed by atoms with Crippen molar-refractivity contribution in [2.45, 2.75) is 0 Å². The van der Waals surface area contributed by atoms with Gasteiger partial charge in [0.15, 0.2) is 0 Å². The zero-order valence-corrected chi connectivity index (χ0v) is 22.6. The van der Waals surface area contributed by atoms with Crippen molar-refractivity contribution >= 4 is 81.2 Å². The Morgan fingerprint density at radius 3 is 1.67 bits per heavy atom. The van der Waals surface area contributed by atoms with E-state index in [-0.39, 0.29) is 0 Å². The van der Waals surface area contributed by atoms with Gasteiger partial charge in [0.25, 0.3) is 0 Å². The minimum Gasteiger partial charge on any atom is -0.353 e. The number of nitrogens with one attached hydrogen (secondary N) is 2. The Morgan fingerprint density at radius 1 is 0.487 bits per heavy atom. The van der Waals surface area contributed by atoms with Crippen LogP contribution in [0.15, 0.2) is 78.9 Å². The average molecular weight is 566 g/mol. The van der Waals surface area contributed by atoms with Gasteiger partial charge in [0.1, 0.15) is 0 Å². The summed E-state index contributed by atoms with van der Waals surface area (Å²) in [6.07, 6.45) is 7.61. The summed E-state index contributed by atoms with van der Waals surface area (Å²) in [4.78, 5) is 16.5. The fourth-order valence-electron chi connectivity index (χ4n) is 4.98. The molecule has 0 radical (unpaired) electrons. The highest BCUT2D eigenvalue weighted by Crippen LogP contribution is 2.42. The fourth-order valence-corrected chi connectivity index (χ4v) is 5.66. The van der Waals surface area contributed by atoms with Gasteiger partial charge in [0, 0.05) is 16.6 Å². The standard InChI is InChI=1S/C32H19Cl3N4/c33-29-21-12-11-20(36-21)17-26-27(18-7-3-1-4-8-18)28(19-9-5-2-6-10-19)32(39-26)31(35)25-16-15-24(38-25)30(34)23-14-13-22(29)37-23/h1-17,37,39H. The molecule has 188 valence electrons. The van der Waals surface area contributed by atoms with E-state index in [9.17, 15) is 0 Å². The van der Waals surface area contributed by atoms with E-state index >= 15 is 0 Å². The van der Waals surface area contributed by atoms with Gasteiger partial charge in [-0.05, 0) is 53.6 Å². The van der Waals surface area contributed by atoms with Gasteiger partial charge in [-0.2, -0.15) is 0 Å². The van der Waals surface area contributed by atoms with Crippen LogP contribution in [0.4, 0.5) is 0 Å². The quantitative estimate of drug-likeness (QED) is 0.219. The van der Waals surface area contributed by atoms with Crippen LogP contribution in [0.3, 0.4) is 0 Å². The molecule has 0 amide bonds. The number of fused-ring (bicyclic) bond motifs is 8. The van der Waals surface area contributed by atoms with E-state index in [0.29, 0.717) is 37.7 Å². The molecule has 2 aromatic carbocycles. The molecule has 0 saturated carbocycles. The number of H-pyrrole nitrogens is 2. The molecule has 3 aromatic heterocycles. The number of halogens is 3. The topological polar surface area (TPSA) is 57.4 Å². The first-order valence-electron chi connectivity index (χ1n) is 12.3. The number of nitrogens with zero attached hydrogens (tertiary/aromatic N) is 2. The third kappa shape index (κ3) is 4.18. The predicted octanol–water partition coefficient (Wildman–Crippen LogP) is 9.95. The molecule has 5 aromatic rings. The lowest BCUT2D eigenvalue weighted by atomic mass is 9.96. The van der Waals surface area contributed by atoms with Crippen molar-refractivity contribution in [3.05, 3.63) is 117 Å². The Bertz CT molecular complexity index is 1990. The maximum Gasteiger partial charge on any atom is 0.0904 e. The van der Waals surface area contributed by atoms with Crippen molar-refractivity contribution in [1.82, 2.24) is 19.9 Å². The monoisotopic (exact) mass is 564 g/mol. The minimum absolute atomic E-state index is 0.471. The summed E-state index contributed by atoms with van der Waals surface area (Å²) >= 11 is 20.7. The van der Waals surface area contributed by atoms with Crippen molar-refractivity contribution in [2.24, 2.45) is 0 Å². The molecule has 0 aliphatic carbocycles. The zero-order chi connectivity index (χ0) is 26.5. The Balaban J connectivity index is 1.70. The first-order valence-corrected chi connectivity index (χ1v) is 13.5. The molecule has 0 atom stereocenters. The summed E-state index contributed by atoms with van der Waals surface area (Å²) < 4.78 is 0. The molecule has 4 nitrogen and oxygen atoms in total. The van der Waals surface area contributed by atoms with E-state index in [4.69, 9.17) is 44.8 Å². The number of hydrogen-bond acceptors (Lipinski definition) is 2. The van der Waals surface area contributed by atoms with Gasteiger partial charge in [-0.1, -0.05) is 95.5 Å². The molecule has 7 heteroatoms. The molecule has 39 heavy (non-hydrogen) atoms. The zero-order valence-electron chi connectivity index (χ0n) is 20.3. The number of aromatic nitrogens is 4. The smallest absolute Gasteiger partial charge is 0.0904 e. The third-order valence-corrected chi connectivity index (χ3v) is 7.98. The van der Waals surface area contributed by atoms with Crippen LogP contribution >= 0.6 is 34.8 Å². The molecule has 8 bridgehead atoms.